The first-order chi connectivity index (χ1) is 9.65. The molecule has 1 N–H and O–H groups in total. The van der Waals surface area contributed by atoms with Gasteiger partial charge in [-0.25, -0.2) is 4.98 Å². The number of halogens is 1. The Morgan fingerprint density at radius 1 is 1.30 bits per heavy atom. The van der Waals surface area contributed by atoms with Crippen LogP contribution in [0.4, 0.5) is 0 Å². The van der Waals surface area contributed by atoms with Gasteiger partial charge in [-0.15, -0.1) is 0 Å². The number of hydrogen-bond acceptors (Lipinski definition) is 3. The van der Waals surface area contributed by atoms with Crippen LogP contribution in [0.3, 0.4) is 0 Å². The number of aromatic nitrogens is 1. The van der Waals surface area contributed by atoms with E-state index in [1.807, 2.05) is 31.2 Å². The predicted molar refractivity (Wildman–Crippen MR) is 80.9 cm³/mol. The second kappa shape index (κ2) is 7.05. The quantitative estimate of drug-likeness (QED) is 0.675. The van der Waals surface area contributed by atoms with E-state index in [-0.39, 0.29) is 5.91 Å². The number of carbonyl (C=O) groups excluding carboxylic acids is 1. The molecule has 0 bridgehead atoms. The van der Waals surface area contributed by atoms with Gasteiger partial charge in [0.15, 0.2) is 0 Å². The van der Waals surface area contributed by atoms with Crippen molar-refractivity contribution in [3.05, 3.63) is 58.3 Å². The van der Waals surface area contributed by atoms with Crippen LogP contribution in [0, 0.1) is 6.92 Å². The van der Waals surface area contributed by atoms with Gasteiger partial charge in [-0.05, 0) is 52.7 Å². The molecule has 0 aliphatic carbocycles. The third kappa shape index (κ3) is 4.35. The molecule has 1 amide bonds. The van der Waals surface area contributed by atoms with Gasteiger partial charge in [0.1, 0.15) is 22.7 Å². The van der Waals surface area contributed by atoms with E-state index in [0.29, 0.717) is 23.4 Å². The molecule has 0 saturated heterocycles. The summed E-state index contributed by atoms with van der Waals surface area (Å²) in [6, 6.07) is 13.0. The normalized spacial score (nSPS) is 10.1. The van der Waals surface area contributed by atoms with E-state index in [0.717, 1.165) is 11.3 Å². The zero-order chi connectivity index (χ0) is 14.4. The molecule has 4 nitrogen and oxygen atoms in total. The van der Waals surface area contributed by atoms with Crippen LogP contribution in [0.1, 0.15) is 16.1 Å². The predicted octanol–water partition coefficient (Wildman–Crippen LogP) is 2.96. The maximum Gasteiger partial charge on any atom is 0.270 e. The fourth-order valence-corrected chi connectivity index (χ4v) is 2.01. The summed E-state index contributed by atoms with van der Waals surface area (Å²) in [5, 5.41) is 2.76. The summed E-state index contributed by atoms with van der Waals surface area (Å²) in [5.41, 5.74) is 1.53. The van der Waals surface area contributed by atoms with E-state index < -0.39 is 0 Å². The summed E-state index contributed by atoms with van der Waals surface area (Å²) >= 11 is 3.23. The molecule has 0 fully saturated rings. The SMILES string of the molecule is Cc1cccc(OCCNC(=O)c2cccc(Br)n2)c1. The fraction of sp³-hybridized carbons (Fsp3) is 0.200. The Bertz CT molecular complexity index is 602. The molecule has 2 aromatic rings. The van der Waals surface area contributed by atoms with Crippen LogP contribution in [0.5, 0.6) is 5.75 Å². The first-order valence-corrected chi connectivity index (χ1v) is 7.05. The van der Waals surface area contributed by atoms with Crippen molar-refractivity contribution in [2.45, 2.75) is 6.92 Å². The van der Waals surface area contributed by atoms with Crippen LogP contribution < -0.4 is 10.1 Å². The number of ether oxygens (including phenoxy) is 1. The van der Waals surface area contributed by atoms with Crippen LogP contribution in [0.15, 0.2) is 47.1 Å². The highest BCUT2D eigenvalue weighted by Gasteiger charge is 2.06. The highest BCUT2D eigenvalue weighted by Crippen LogP contribution is 2.11. The van der Waals surface area contributed by atoms with Gasteiger partial charge in [0, 0.05) is 0 Å². The standard InChI is InChI=1S/C15H15BrN2O2/c1-11-4-2-5-12(10-11)20-9-8-17-15(19)13-6-3-7-14(16)18-13/h2-7,10H,8-9H2,1H3,(H,17,19). The van der Waals surface area contributed by atoms with Gasteiger partial charge in [0.05, 0.1) is 6.54 Å². The second-order valence-electron chi connectivity index (χ2n) is 4.27. The third-order valence-corrected chi connectivity index (χ3v) is 3.04. The fourth-order valence-electron chi connectivity index (χ4n) is 1.66. The molecule has 20 heavy (non-hydrogen) atoms. The van der Waals surface area contributed by atoms with E-state index in [9.17, 15) is 4.79 Å². The maximum atomic E-state index is 11.8. The van der Waals surface area contributed by atoms with E-state index in [1.54, 1.807) is 18.2 Å². The molecule has 0 saturated carbocycles. The molecule has 1 aromatic carbocycles. The van der Waals surface area contributed by atoms with Gasteiger partial charge in [-0.2, -0.15) is 0 Å². The Hall–Kier alpha value is -1.88. The van der Waals surface area contributed by atoms with E-state index in [1.165, 1.54) is 0 Å². The molecule has 1 heterocycles. The van der Waals surface area contributed by atoms with E-state index >= 15 is 0 Å². The van der Waals surface area contributed by atoms with Crippen molar-refractivity contribution < 1.29 is 9.53 Å². The van der Waals surface area contributed by atoms with Crippen molar-refractivity contribution in [3.8, 4) is 5.75 Å². The molecule has 0 aliphatic heterocycles. The molecule has 5 heteroatoms. The largest absolute Gasteiger partial charge is 0.492 e. The summed E-state index contributed by atoms with van der Waals surface area (Å²) < 4.78 is 6.19. The van der Waals surface area contributed by atoms with E-state index in [2.05, 4.69) is 26.2 Å². The molecule has 0 aliphatic rings. The smallest absolute Gasteiger partial charge is 0.270 e. The van der Waals surface area contributed by atoms with Crippen LogP contribution >= 0.6 is 15.9 Å². The van der Waals surface area contributed by atoms with Crippen molar-refractivity contribution in [3.63, 3.8) is 0 Å². The summed E-state index contributed by atoms with van der Waals surface area (Å²) in [6.07, 6.45) is 0. The number of carbonyl (C=O) groups is 1. The molecule has 0 spiro atoms. The summed E-state index contributed by atoms with van der Waals surface area (Å²) in [7, 11) is 0. The van der Waals surface area contributed by atoms with Crippen LogP contribution in [0.2, 0.25) is 0 Å². The Morgan fingerprint density at radius 3 is 2.85 bits per heavy atom. The molecule has 1 aromatic heterocycles. The van der Waals surface area contributed by atoms with Gasteiger partial charge in [0.2, 0.25) is 0 Å². The maximum absolute atomic E-state index is 11.8. The highest BCUT2D eigenvalue weighted by atomic mass is 79.9. The zero-order valence-electron chi connectivity index (χ0n) is 11.1. The minimum atomic E-state index is -0.209. The highest BCUT2D eigenvalue weighted by molar-refractivity contribution is 9.10. The molecule has 2 rings (SSSR count). The first-order valence-electron chi connectivity index (χ1n) is 6.25. The van der Waals surface area contributed by atoms with Gasteiger partial charge in [0.25, 0.3) is 5.91 Å². The number of aryl methyl sites for hydroxylation is 1. The number of pyridine rings is 1. The minimum absolute atomic E-state index is 0.209. The first kappa shape index (κ1) is 14.5. The average Bonchev–Trinajstić information content (AvgIpc) is 2.43. The van der Waals surface area contributed by atoms with Gasteiger partial charge >= 0.3 is 0 Å². The number of nitrogens with one attached hydrogen (secondary N) is 1. The lowest BCUT2D eigenvalue weighted by atomic mass is 10.2. The molecule has 0 unspecified atom stereocenters. The van der Waals surface area contributed by atoms with Crippen LogP contribution in [0.25, 0.3) is 0 Å². The number of benzene rings is 1. The Morgan fingerprint density at radius 2 is 2.10 bits per heavy atom. The van der Waals surface area contributed by atoms with Gasteiger partial charge in [-0.1, -0.05) is 18.2 Å². The topological polar surface area (TPSA) is 51.2 Å². The second-order valence-corrected chi connectivity index (χ2v) is 5.08. The van der Waals surface area contributed by atoms with Crippen LogP contribution in [-0.2, 0) is 0 Å². The average molecular weight is 335 g/mol. The minimum Gasteiger partial charge on any atom is -0.492 e. The van der Waals surface area contributed by atoms with Crippen molar-refractivity contribution in [2.75, 3.05) is 13.2 Å². The summed E-state index contributed by atoms with van der Waals surface area (Å²) in [6.45, 7) is 2.86. The lowest BCUT2D eigenvalue weighted by Crippen LogP contribution is -2.28. The molecular weight excluding hydrogens is 320 g/mol. The molecular formula is C15H15BrN2O2. The summed E-state index contributed by atoms with van der Waals surface area (Å²) in [5.74, 6) is 0.596. The Labute approximate surface area is 126 Å². The Balaban J connectivity index is 1.77. The monoisotopic (exact) mass is 334 g/mol. The number of nitrogens with zero attached hydrogens (tertiary/aromatic N) is 1. The molecule has 0 radical (unpaired) electrons. The van der Waals surface area contributed by atoms with E-state index in [4.69, 9.17) is 4.74 Å². The number of amides is 1. The van der Waals surface area contributed by atoms with Crippen molar-refractivity contribution in [1.82, 2.24) is 10.3 Å². The molecule has 0 atom stereocenters. The lowest BCUT2D eigenvalue weighted by Gasteiger charge is -2.08. The van der Waals surface area contributed by atoms with Crippen molar-refractivity contribution >= 4 is 21.8 Å². The van der Waals surface area contributed by atoms with Crippen molar-refractivity contribution in [2.24, 2.45) is 0 Å². The lowest BCUT2D eigenvalue weighted by molar-refractivity contribution is 0.0942. The Kier molecular flexibility index (Phi) is 5.12. The molecule has 104 valence electrons. The van der Waals surface area contributed by atoms with Gasteiger partial charge in [-0.3, -0.25) is 4.79 Å². The number of rotatable bonds is 5. The van der Waals surface area contributed by atoms with Gasteiger partial charge < -0.3 is 10.1 Å². The van der Waals surface area contributed by atoms with Crippen LogP contribution in [-0.4, -0.2) is 24.0 Å². The zero-order valence-corrected chi connectivity index (χ0v) is 12.7. The third-order valence-electron chi connectivity index (χ3n) is 2.59. The van der Waals surface area contributed by atoms with Crippen molar-refractivity contribution in [1.29, 1.82) is 0 Å². The number of hydrogen-bond donors (Lipinski definition) is 1. The summed E-state index contributed by atoms with van der Waals surface area (Å²) in [4.78, 5) is 15.9.